The molecule has 2 unspecified atom stereocenters. The Morgan fingerprint density at radius 3 is 2.67 bits per heavy atom. The predicted molar refractivity (Wildman–Crippen MR) is 135 cm³/mol. The minimum absolute atomic E-state index is 0.0174. The molecule has 0 bridgehead atoms. The number of nitrogen functional groups attached to an aromatic ring is 1. The lowest BCUT2D eigenvalue weighted by Crippen LogP contribution is -2.41. The molecule has 0 fully saturated rings. The molecule has 0 saturated heterocycles. The quantitative estimate of drug-likeness (QED) is 0.216. The van der Waals surface area contributed by atoms with Gasteiger partial charge >= 0.3 is 5.97 Å². The van der Waals surface area contributed by atoms with Crippen LogP contribution in [0, 0.1) is 5.41 Å². The van der Waals surface area contributed by atoms with Gasteiger partial charge in [0.2, 0.25) is 0 Å². The zero-order valence-electron chi connectivity index (χ0n) is 19.5. The molecular formula is C25H25N5O5S. The van der Waals surface area contributed by atoms with Gasteiger partial charge in [0.15, 0.2) is 5.01 Å². The van der Waals surface area contributed by atoms with E-state index in [0.717, 1.165) is 10.3 Å². The van der Waals surface area contributed by atoms with E-state index in [0.29, 0.717) is 23.2 Å². The SMILES string of the molecule is COC(=O)C(CCC(=O)CC1CC(c2ccc(C(=N)N)cc2)=NO1)NC(=O)c1nc2ccccc2s1. The molecule has 0 saturated carbocycles. The molecule has 1 aromatic heterocycles. The molecule has 36 heavy (non-hydrogen) atoms. The Labute approximate surface area is 211 Å². The minimum Gasteiger partial charge on any atom is -0.467 e. The number of carbonyl (C=O) groups is 3. The molecule has 4 rings (SSSR count). The molecule has 2 aromatic carbocycles. The number of carbonyl (C=O) groups excluding carboxylic acids is 3. The molecule has 186 valence electrons. The van der Waals surface area contributed by atoms with Gasteiger partial charge < -0.3 is 20.6 Å². The monoisotopic (exact) mass is 507 g/mol. The molecule has 10 nitrogen and oxygen atoms in total. The van der Waals surface area contributed by atoms with Crippen molar-refractivity contribution in [2.75, 3.05) is 7.11 Å². The summed E-state index contributed by atoms with van der Waals surface area (Å²) in [5.41, 5.74) is 8.33. The number of oxime groups is 1. The Hall–Kier alpha value is -4.12. The Balaban J connectivity index is 1.29. The number of methoxy groups -OCH3 is 1. The number of aromatic nitrogens is 1. The van der Waals surface area contributed by atoms with E-state index in [4.69, 9.17) is 20.7 Å². The van der Waals surface area contributed by atoms with Crippen LogP contribution in [0.25, 0.3) is 10.2 Å². The average molecular weight is 508 g/mol. The van der Waals surface area contributed by atoms with Gasteiger partial charge in [0, 0.05) is 24.8 Å². The highest BCUT2D eigenvalue weighted by molar-refractivity contribution is 7.20. The summed E-state index contributed by atoms with van der Waals surface area (Å²) < 4.78 is 5.68. The number of nitrogens with one attached hydrogen (secondary N) is 2. The standard InChI is InChI=1S/C25H25N5O5S/c1-34-25(33)19(28-23(32)24-29-18-4-2-3-5-21(18)36-24)11-10-16(31)12-17-13-20(30-35-17)14-6-8-15(9-7-14)22(26)27/h2-9,17,19H,10-13H2,1H3,(H3,26,27)(H,28,32). The fourth-order valence-electron chi connectivity index (χ4n) is 3.79. The zero-order chi connectivity index (χ0) is 25.7. The number of thiazole rings is 1. The van der Waals surface area contributed by atoms with Gasteiger partial charge in [-0.3, -0.25) is 15.0 Å². The highest BCUT2D eigenvalue weighted by Crippen LogP contribution is 2.22. The number of amidine groups is 1. The van der Waals surface area contributed by atoms with Crippen molar-refractivity contribution < 1.29 is 24.0 Å². The second-order valence-electron chi connectivity index (χ2n) is 8.28. The molecule has 11 heteroatoms. The van der Waals surface area contributed by atoms with Crippen molar-refractivity contribution in [2.45, 2.75) is 37.8 Å². The number of rotatable bonds is 10. The van der Waals surface area contributed by atoms with Crippen LogP contribution in [0.3, 0.4) is 0 Å². The predicted octanol–water partition coefficient (Wildman–Crippen LogP) is 2.78. The van der Waals surface area contributed by atoms with Gasteiger partial charge in [-0.25, -0.2) is 9.78 Å². The molecule has 0 radical (unpaired) electrons. The molecule has 0 aliphatic carbocycles. The summed E-state index contributed by atoms with van der Waals surface area (Å²) in [7, 11) is 1.23. The number of nitrogens with two attached hydrogens (primary N) is 1. The maximum absolute atomic E-state index is 12.7. The van der Waals surface area contributed by atoms with E-state index in [1.165, 1.54) is 18.4 Å². The highest BCUT2D eigenvalue weighted by atomic mass is 32.1. The molecule has 2 atom stereocenters. The number of ketones is 1. The Bertz CT molecular complexity index is 1300. The first-order valence-electron chi connectivity index (χ1n) is 11.3. The molecule has 1 aliphatic heterocycles. The summed E-state index contributed by atoms with van der Waals surface area (Å²) in [4.78, 5) is 47.3. The lowest BCUT2D eigenvalue weighted by atomic mass is 9.99. The van der Waals surface area contributed by atoms with Crippen molar-refractivity contribution in [2.24, 2.45) is 10.9 Å². The number of ether oxygens (including phenoxy) is 1. The van der Waals surface area contributed by atoms with Gasteiger partial charge in [-0.15, -0.1) is 11.3 Å². The van der Waals surface area contributed by atoms with Crippen molar-refractivity contribution >= 4 is 50.8 Å². The summed E-state index contributed by atoms with van der Waals surface area (Å²) in [6.07, 6.45) is 0.323. The van der Waals surface area contributed by atoms with Gasteiger partial charge in [-0.05, 0) is 24.1 Å². The summed E-state index contributed by atoms with van der Waals surface area (Å²) in [5.74, 6) is -1.26. The third-order valence-corrected chi connectivity index (χ3v) is 6.74. The van der Waals surface area contributed by atoms with Crippen LogP contribution >= 0.6 is 11.3 Å². The highest BCUT2D eigenvalue weighted by Gasteiger charge is 2.28. The van der Waals surface area contributed by atoms with E-state index < -0.39 is 24.0 Å². The number of benzene rings is 2. The molecule has 3 aromatic rings. The second-order valence-corrected chi connectivity index (χ2v) is 9.31. The van der Waals surface area contributed by atoms with Crippen LogP contribution in [0.2, 0.25) is 0 Å². The van der Waals surface area contributed by atoms with Gasteiger partial charge in [-0.2, -0.15) is 0 Å². The van der Waals surface area contributed by atoms with Crippen LogP contribution in [-0.4, -0.2) is 53.4 Å². The van der Waals surface area contributed by atoms with Gasteiger partial charge in [-0.1, -0.05) is 41.6 Å². The molecule has 0 spiro atoms. The maximum Gasteiger partial charge on any atom is 0.328 e. The summed E-state index contributed by atoms with van der Waals surface area (Å²) in [6.45, 7) is 0. The van der Waals surface area contributed by atoms with E-state index >= 15 is 0 Å². The number of amides is 1. The molecule has 1 amide bonds. The van der Waals surface area contributed by atoms with E-state index in [-0.39, 0.29) is 35.9 Å². The van der Waals surface area contributed by atoms with Crippen LogP contribution in [0.4, 0.5) is 0 Å². The lowest BCUT2D eigenvalue weighted by molar-refractivity contribution is -0.143. The topological polar surface area (TPSA) is 157 Å². The van der Waals surface area contributed by atoms with Crippen molar-refractivity contribution in [3.8, 4) is 0 Å². The van der Waals surface area contributed by atoms with Crippen LogP contribution in [0.15, 0.2) is 53.7 Å². The number of nitrogens with zero attached hydrogens (tertiary/aromatic N) is 2. The van der Waals surface area contributed by atoms with Crippen molar-refractivity contribution in [3.63, 3.8) is 0 Å². The number of hydrogen-bond donors (Lipinski definition) is 3. The number of Topliss-reactive ketones (excluding diaryl/α,β-unsaturated/α-hetero) is 1. The number of hydrogen-bond acceptors (Lipinski definition) is 9. The fraction of sp³-hybridized carbons (Fsp3) is 0.280. The summed E-state index contributed by atoms with van der Waals surface area (Å²) >= 11 is 1.22. The number of esters is 1. The Morgan fingerprint density at radius 1 is 1.22 bits per heavy atom. The normalized spacial score (nSPS) is 15.6. The second kappa shape index (κ2) is 11.1. The van der Waals surface area contributed by atoms with E-state index in [1.54, 1.807) is 30.3 Å². The summed E-state index contributed by atoms with van der Waals surface area (Å²) in [5, 5.41) is 14.4. The first-order valence-corrected chi connectivity index (χ1v) is 12.1. The van der Waals surface area contributed by atoms with E-state index in [1.807, 2.05) is 18.2 Å². The van der Waals surface area contributed by atoms with Crippen LogP contribution < -0.4 is 11.1 Å². The molecular weight excluding hydrogens is 482 g/mol. The third kappa shape index (κ3) is 5.92. The number of fused-ring (bicyclic) bond motifs is 1. The molecule has 1 aliphatic rings. The van der Waals surface area contributed by atoms with Crippen molar-refractivity contribution in [1.29, 1.82) is 5.41 Å². The maximum atomic E-state index is 12.7. The lowest BCUT2D eigenvalue weighted by Gasteiger charge is -2.15. The van der Waals surface area contributed by atoms with E-state index in [2.05, 4.69) is 15.5 Å². The van der Waals surface area contributed by atoms with Crippen molar-refractivity contribution in [1.82, 2.24) is 10.3 Å². The average Bonchev–Trinajstić information content (AvgIpc) is 3.53. The largest absolute Gasteiger partial charge is 0.467 e. The smallest absolute Gasteiger partial charge is 0.328 e. The zero-order valence-corrected chi connectivity index (χ0v) is 20.3. The Kier molecular flexibility index (Phi) is 7.69. The first kappa shape index (κ1) is 25.0. The van der Waals surface area contributed by atoms with Gasteiger partial charge in [0.05, 0.1) is 23.0 Å². The molecule has 2 heterocycles. The summed E-state index contributed by atoms with van der Waals surface area (Å²) in [6, 6.07) is 13.5. The minimum atomic E-state index is -0.977. The van der Waals surface area contributed by atoms with Crippen molar-refractivity contribution in [3.05, 3.63) is 64.7 Å². The third-order valence-electron chi connectivity index (χ3n) is 5.71. The molecule has 4 N–H and O–H groups in total. The fourth-order valence-corrected chi connectivity index (χ4v) is 4.66. The van der Waals surface area contributed by atoms with Gasteiger partial charge in [0.1, 0.15) is 23.8 Å². The van der Waals surface area contributed by atoms with Crippen LogP contribution in [0.1, 0.15) is 46.6 Å². The van der Waals surface area contributed by atoms with E-state index in [9.17, 15) is 14.4 Å². The Morgan fingerprint density at radius 2 is 1.97 bits per heavy atom. The number of para-hydroxylation sites is 1. The van der Waals surface area contributed by atoms with Gasteiger partial charge in [0.25, 0.3) is 5.91 Å². The first-order chi connectivity index (χ1) is 17.3. The van der Waals surface area contributed by atoms with Crippen LogP contribution in [0.5, 0.6) is 0 Å². The van der Waals surface area contributed by atoms with Crippen LogP contribution in [-0.2, 0) is 19.2 Å².